The Hall–Kier alpha value is -3.09. The second-order valence-corrected chi connectivity index (χ2v) is 5.32. The van der Waals surface area contributed by atoms with Gasteiger partial charge >= 0.3 is 5.97 Å². The molecule has 0 saturated carbocycles. The number of benzene rings is 2. The van der Waals surface area contributed by atoms with E-state index in [0.717, 1.165) is 22.1 Å². The fraction of sp³-hybridized carbons (Fsp3) is 0.278. The van der Waals surface area contributed by atoms with Gasteiger partial charge < -0.3 is 14.3 Å². The summed E-state index contributed by atoms with van der Waals surface area (Å²) in [4.78, 5) is 26.2. The Morgan fingerprint density at radius 2 is 1.84 bits per heavy atom. The highest BCUT2D eigenvalue weighted by Crippen LogP contribution is 2.25. The smallest absolute Gasteiger partial charge is 0.313 e. The van der Waals surface area contributed by atoms with Crippen LogP contribution < -0.4 is 4.74 Å². The highest BCUT2D eigenvalue weighted by molar-refractivity contribution is 5.86. The highest BCUT2D eigenvalue weighted by atomic mass is 16.9. The van der Waals surface area contributed by atoms with Crippen LogP contribution in [0.5, 0.6) is 5.75 Å². The van der Waals surface area contributed by atoms with Crippen molar-refractivity contribution in [1.29, 1.82) is 0 Å². The second-order valence-electron chi connectivity index (χ2n) is 5.32. The molecule has 0 spiro atoms. The SMILES string of the molecule is COc1ccc2cc([C@H](C)C(=O)OCC=CCO[N+](=O)[O-])ccc2c1. The van der Waals surface area contributed by atoms with Gasteiger partial charge in [-0.15, -0.1) is 10.1 Å². The largest absolute Gasteiger partial charge is 0.497 e. The van der Waals surface area contributed by atoms with E-state index in [1.54, 1.807) is 14.0 Å². The first-order valence-corrected chi connectivity index (χ1v) is 7.68. The third-order valence-electron chi connectivity index (χ3n) is 3.69. The molecule has 7 heteroatoms. The number of carbonyl (C=O) groups is 1. The Morgan fingerprint density at radius 3 is 2.56 bits per heavy atom. The number of methoxy groups -OCH3 is 1. The topological polar surface area (TPSA) is 87.9 Å². The zero-order valence-corrected chi connectivity index (χ0v) is 14.0. The van der Waals surface area contributed by atoms with Crippen molar-refractivity contribution in [2.45, 2.75) is 12.8 Å². The maximum atomic E-state index is 12.1. The third-order valence-corrected chi connectivity index (χ3v) is 3.69. The van der Waals surface area contributed by atoms with Crippen molar-refractivity contribution in [3.63, 3.8) is 0 Å². The van der Waals surface area contributed by atoms with Gasteiger partial charge in [-0.2, -0.15) is 0 Å². The van der Waals surface area contributed by atoms with Gasteiger partial charge in [0.2, 0.25) is 0 Å². The number of esters is 1. The van der Waals surface area contributed by atoms with Crippen LogP contribution in [0.15, 0.2) is 48.6 Å². The van der Waals surface area contributed by atoms with Crippen LogP contribution in [0, 0.1) is 10.1 Å². The minimum atomic E-state index is -0.881. The minimum absolute atomic E-state index is 0.0367. The average Bonchev–Trinajstić information content (AvgIpc) is 2.62. The lowest BCUT2D eigenvalue weighted by molar-refractivity contribution is -0.755. The van der Waals surface area contributed by atoms with Gasteiger partial charge in [-0.1, -0.05) is 30.3 Å². The summed E-state index contributed by atoms with van der Waals surface area (Å²) >= 11 is 0. The molecule has 0 radical (unpaired) electrons. The van der Waals surface area contributed by atoms with E-state index >= 15 is 0 Å². The molecular formula is C18H19NO6. The number of hydrogen-bond donors (Lipinski definition) is 0. The Balaban J connectivity index is 1.94. The zero-order chi connectivity index (χ0) is 18.2. The first-order valence-electron chi connectivity index (χ1n) is 7.68. The summed E-state index contributed by atoms with van der Waals surface area (Å²) in [5, 5.41) is 11.1. The zero-order valence-electron chi connectivity index (χ0n) is 14.0. The van der Waals surface area contributed by atoms with Gasteiger partial charge in [0.05, 0.1) is 13.0 Å². The first kappa shape index (κ1) is 18.3. The molecular weight excluding hydrogens is 326 g/mol. The van der Waals surface area contributed by atoms with E-state index in [9.17, 15) is 14.9 Å². The maximum Gasteiger partial charge on any atom is 0.313 e. The number of nitrogens with zero attached hydrogens (tertiary/aromatic N) is 1. The van der Waals surface area contributed by atoms with Gasteiger partial charge in [0, 0.05) is 0 Å². The summed E-state index contributed by atoms with van der Waals surface area (Å²) in [6.45, 7) is 1.63. The Morgan fingerprint density at radius 1 is 1.16 bits per heavy atom. The lowest BCUT2D eigenvalue weighted by Gasteiger charge is -2.12. The minimum Gasteiger partial charge on any atom is -0.497 e. The van der Waals surface area contributed by atoms with Crippen molar-refractivity contribution in [2.24, 2.45) is 0 Å². The molecule has 0 aliphatic heterocycles. The Labute approximate surface area is 144 Å². The molecule has 0 aromatic heterocycles. The second kappa shape index (κ2) is 8.68. The molecule has 0 unspecified atom stereocenters. The number of ether oxygens (including phenoxy) is 2. The number of rotatable bonds is 8. The predicted octanol–water partition coefficient (Wildman–Crippen LogP) is 3.26. The first-order chi connectivity index (χ1) is 12.0. The van der Waals surface area contributed by atoms with Crippen molar-refractivity contribution >= 4 is 16.7 Å². The number of hydrogen-bond acceptors (Lipinski definition) is 6. The third kappa shape index (κ3) is 5.20. The fourth-order valence-electron chi connectivity index (χ4n) is 2.27. The van der Waals surface area contributed by atoms with Gasteiger partial charge in [0.1, 0.15) is 19.0 Å². The molecule has 0 bridgehead atoms. The van der Waals surface area contributed by atoms with Crippen LogP contribution in [-0.2, 0) is 14.4 Å². The quantitative estimate of drug-likeness (QED) is 0.316. The fourth-order valence-corrected chi connectivity index (χ4v) is 2.27. The van der Waals surface area contributed by atoms with Crippen molar-refractivity contribution in [3.05, 3.63) is 64.2 Å². The molecule has 2 aromatic carbocycles. The summed E-state index contributed by atoms with van der Waals surface area (Å²) in [6, 6.07) is 11.5. The molecule has 25 heavy (non-hydrogen) atoms. The predicted molar refractivity (Wildman–Crippen MR) is 92.0 cm³/mol. The van der Waals surface area contributed by atoms with Gasteiger partial charge in [0.25, 0.3) is 5.09 Å². The lowest BCUT2D eigenvalue weighted by atomic mass is 9.98. The molecule has 2 aromatic rings. The molecule has 1 atom stereocenters. The van der Waals surface area contributed by atoms with Crippen LogP contribution in [0.4, 0.5) is 0 Å². The van der Waals surface area contributed by atoms with E-state index in [0.29, 0.717) is 0 Å². The van der Waals surface area contributed by atoms with E-state index in [2.05, 4.69) is 4.84 Å². The van der Waals surface area contributed by atoms with E-state index in [4.69, 9.17) is 9.47 Å². The molecule has 7 nitrogen and oxygen atoms in total. The number of fused-ring (bicyclic) bond motifs is 1. The van der Waals surface area contributed by atoms with Crippen LogP contribution in [0.3, 0.4) is 0 Å². The van der Waals surface area contributed by atoms with E-state index in [-0.39, 0.29) is 19.2 Å². The summed E-state index contributed by atoms with van der Waals surface area (Å²) in [5.74, 6) is -0.0109. The molecule has 0 aliphatic rings. The van der Waals surface area contributed by atoms with Crippen molar-refractivity contribution in [1.82, 2.24) is 0 Å². The van der Waals surface area contributed by atoms with Gasteiger partial charge in [-0.3, -0.25) is 4.79 Å². The van der Waals surface area contributed by atoms with Crippen LogP contribution in [-0.4, -0.2) is 31.4 Å². The van der Waals surface area contributed by atoms with Gasteiger partial charge in [-0.25, -0.2) is 0 Å². The molecule has 132 valence electrons. The van der Waals surface area contributed by atoms with Crippen molar-refractivity contribution in [2.75, 3.05) is 20.3 Å². The van der Waals surface area contributed by atoms with E-state index < -0.39 is 11.0 Å². The lowest BCUT2D eigenvalue weighted by Crippen LogP contribution is -2.13. The van der Waals surface area contributed by atoms with Crippen molar-refractivity contribution < 1.29 is 24.2 Å². The van der Waals surface area contributed by atoms with Crippen LogP contribution in [0.1, 0.15) is 18.4 Å². The molecule has 0 amide bonds. The summed E-state index contributed by atoms with van der Waals surface area (Å²) in [6.07, 6.45) is 2.92. The molecule has 0 fully saturated rings. The normalized spacial score (nSPS) is 12.1. The van der Waals surface area contributed by atoms with E-state index in [1.807, 2.05) is 36.4 Å². The summed E-state index contributed by atoms with van der Waals surface area (Å²) < 4.78 is 10.3. The Kier molecular flexibility index (Phi) is 6.33. The molecule has 0 aliphatic carbocycles. The van der Waals surface area contributed by atoms with Gasteiger partial charge in [0.15, 0.2) is 0 Å². The molecule has 0 heterocycles. The van der Waals surface area contributed by atoms with Crippen LogP contribution >= 0.6 is 0 Å². The standard InChI is InChI=1S/C18H19NO6/c1-13(18(20)24-9-3-4-10-25-19(21)22)14-5-6-16-12-17(23-2)8-7-15(16)11-14/h3-8,11-13H,9-10H2,1-2H3/t13-/m0/s1. The highest BCUT2D eigenvalue weighted by Gasteiger charge is 2.16. The molecule has 0 saturated heterocycles. The van der Waals surface area contributed by atoms with Crippen LogP contribution in [0.25, 0.3) is 10.8 Å². The molecule has 2 rings (SSSR count). The Bertz CT molecular complexity index is 786. The van der Waals surface area contributed by atoms with Gasteiger partial charge in [-0.05, 0) is 41.5 Å². The monoisotopic (exact) mass is 345 g/mol. The maximum absolute atomic E-state index is 12.1. The van der Waals surface area contributed by atoms with Crippen molar-refractivity contribution in [3.8, 4) is 5.75 Å². The number of carbonyl (C=O) groups excluding carboxylic acids is 1. The average molecular weight is 345 g/mol. The summed E-state index contributed by atoms with van der Waals surface area (Å²) in [7, 11) is 1.62. The van der Waals surface area contributed by atoms with E-state index in [1.165, 1.54) is 12.2 Å². The molecule has 0 N–H and O–H groups in total. The summed E-state index contributed by atoms with van der Waals surface area (Å²) in [5.41, 5.74) is 0.850. The van der Waals surface area contributed by atoms with Crippen LogP contribution in [0.2, 0.25) is 0 Å².